The minimum absolute atomic E-state index is 0.00161. The average Bonchev–Trinajstić information content (AvgIpc) is 2.78. The highest BCUT2D eigenvalue weighted by atomic mass is 16.3. The maximum Gasteiger partial charge on any atom is 0.246 e. The van der Waals surface area contributed by atoms with E-state index in [2.05, 4.69) is 12.2 Å². The highest BCUT2D eigenvalue weighted by Gasteiger charge is 2.01. The van der Waals surface area contributed by atoms with Crippen molar-refractivity contribution in [1.82, 2.24) is 5.32 Å². The van der Waals surface area contributed by atoms with Gasteiger partial charge in [-0.05, 0) is 19.8 Å². The number of allylic oxidation sites excluding steroid dienone is 1. The normalized spacial score (nSPS) is 11.8. The van der Waals surface area contributed by atoms with Crippen molar-refractivity contribution in [2.45, 2.75) is 149 Å². The van der Waals surface area contributed by atoms with Crippen molar-refractivity contribution >= 4 is 5.91 Å². The topological polar surface area (TPSA) is 49.3 Å². The van der Waals surface area contributed by atoms with E-state index in [0.29, 0.717) is 6.54 Å². The van der Waals surface area contributed by atoms with Crippen LogP contribution in [0.4, 0.5) is 0 Å². The van der Waals surface area contributed by atoms with Gasteiger partial charge >= 0.3 is 0 Å². The Morgan fingerprint density at radius 2 is 1.00 bits per heavy atom. The Balaban J connectivity index is 3.19. The van der Waals surface area contributed by atoms with Gasteiger partial charge in [0.05, 0.1) is 6.61 Å². The Labute approximate surface area is 194 Å². The van der Waals surface area contributed by atoms with E-state index in [0.717, 1.165) is 12.0 Å². The van der Waals surface area contributed by atoms with Crippen LogP contribution in [0.1, 0.15) is 149 Å². The summed E-state index contributed by atoms with van der Waals surface area (Å²) in [5.41, 5.74) is 0.770. The number of aliphatic hydroxyl groups is 1. The van der Waals surface area contributed by atoms with Gasteiger partial charge in [0.2, 0.25) is 5.91 Å². The summed E-state index contributed by atoms with van der Waals surface area (Å²) in [6.07, 6.45) is 31.1. The first-order chi connectivity index (χ1) is 15.2. The van der Waals surface area contributed by atoms with E-state index >= 15 is 0 Å². The lowest BCUT2D eigenvalue weighted by atomic mass is 10.0. The first kappa shape index (κ1) is 30.2. The molecule has 1 amide bonds. The minimum Gasteiger partial charge on any atom is -0.395 e. The summed E-state index contributed by atoms with van der Waals surface area (Å²) in [6.45, 7) is 4.48. The molecule has 0 aliphatic rings. The third-order valence-electron chi connectivity index (χ3n) is 6.26. The summed E-state index contributed by atoms with van der Waals surface area (Å²) >= 11 is 0. The third kappa shape index (κ3) is 23.7. The van der Waals surface area contributed by atoms with E-state index in [1.165, 1.54) is 128 Å². The molecule has 0 spiro atoms. The molecule has 0 aromatic rings. The van der Waals surface area contributed by atoms with Gasteiger partial charge in [0, 0.05) is 12.1 Å². The molecule has 0 bridgehead atoms. The molecule has 0 aliphatic carbocycles. The van der Waals surface area contributed by atoms with Crippen molar-refractivity contribution in [2.75, 3.05) is 13.2 Å². The SMILES string of the molecule is CCCCCCCCCCCCCCCCCCCCCCC=C(C)C(=O)NCCO. The molecule has 3 heteroatoms. The van der Waals surface area contributed by atoms with E-state index in [9.17, 15) is 4.79 Å². The maximum atomic E-state index is 11.7. The number of aliphatic hydroxyl groups excluding tert-OH is 1. The van der Waals surface area contributed by atoms with Gasteiger partial charge < -0.3 is 10.4 Å². The zero-order chi connectivity index (χ0) is 22.8. The third-order valence-corrected chi connectivity index (χ3v) is 6.26. The van der Waals surface area contributed by atoms with Crippen LogP contribution in [-0.4, -0.2) is 24.2 Å². The van der Waals surface area contributed by atoms with Gasteiger partial charge in [-0.3, -0.25) is 4.79 Å². The number of hydrogen-bond donors (Lipinski definition) is 2. The van der Waals surface area contributed by atoms with Crippen molar-refractivity contribution in [3.63, 3.8) is 0 Å². The van der Waals surface area contributed by atoms with E-state index in [1.54, 1.807) is 0 Å². The monoisotopic (exact) mass is 437 g/mol. The largest absolute Gasteiger partial charge is 0.395 e. The number of rotatable bonds is 24. The van der Waals surface area contributed by atoms with Crippen LogP contribution in [0.3, 0.4) is 0 Å². The number of hydrogen-bond acceptors (Lipinski definition) is 2. The zero-order valence-corrected chi connectivity index (χ0v) is 21.2. The Hall–Kier alpha value is -0.830. The molecule has 0 aromatic carbocycles. The summed E-state index contributed by atoms with van der Waals surface area (Å²) in [4.78, 5) is 11.7. The van der Waals surface area contributed by atoms with E-state index in [-0.39, 0.29) is 12.5 Å². The molecular formula is C28H55NO2. The minimum atomic E-state index is -0.0535. The van der Waals surface area contributed by atoms with Crippen LogP contribution in [0.25, 0.3) is 0 Å². The molecule has 0 aliphatic heterocycles. The smallest absolute Gasteiger partial charge is 0.246 e. The molecule has 2 N–H and O–H groups in total. The Morgan fingerprint density at radius 1 is 0.645 bits per heavy atom. The highest BCUT2D eigenvalue weighted by molar-refractivity contribution is 5.92. The van der Waals surface area contributed by atoms with Gasteiger partial charge in [0.15, 0.2) is 0 Å². The van der Waals surface area contributed by atoms with Gasteiger partial charge in [-0.25, -0.2) is 0 Å². The molecule has 0 radical (unpaired) electrons. The second-order valence-electron chi connectivity index (χ2n) is 9.37. The van der Waals surface area contributed by atoms with E-state index < -0.39 is 0 Å². The molecule has 0 atom stereocenters. The van der Waals surface area contributed by atoms with Crippen LogP contribution >= 0.6 is 0 Å². The van der Waals surface area contributed by atoms with Gasteiger partial charge in [0.25, 0.3) is 0 Å². The van der Waals surface area contributed by atoms with Crippen molar-refractivity contribution in [3.05, 3.63) is 11.6 Å². The summed E-state index contributed by atoms with van der Waals surface area (Å²) in [7, 11) is 0. The molecule has 0 rings (SSSR count). The molecular weight excluding hydrogens is 382 g/mol. The number of unbranched alkanes of at least 4 members (excludes halogenated alkanes) is 20. The van der Waals surface area contributed by atoms with Crippen LogP contribution < -0.4 is 5.32 Å². The molecule has 184 valence electrons. The molecule has 3 nitrogen and oxygen atoms in total. The molecule has 0 heterocycles. The highest BCUT2D eigenvalue weighted by Crippen LogP contribution is 2.15. The molecule has 0 unspecified atom stereocenters. The van der Waals surface area contributed by atoms with E-state index in [1.807, 2.05) is 13.0 Å². The zero-order valence-electron chi connectivity index (χ0n) is 21.2. The lowest BCUT2D eigenvalue weighted by molar-refractivity contribution is -0.117. The van der Waals surface area contributed by atoms with Crippen LogP contribution in [-0.2, 0) is 4.79 Å². The van der Waals surface area contributed by atoms with Crippen molar-refractivity contribution in [1.29, 1.82) is 0 Å². The molecule has 0 fully saturated rings. The first-order valence-electron chi connectivity index (χ1n) is 13.8. The van der Waals surface area contributed by atoms with Crippen LogP contribution in [0, 0.1) is 0 Å². The maximum absolute atomic E-state index is 11.7. The van der Waals surface area contributed by atoms with Gasteiger partial charge in [-0.15, -0.1) is 0 Å². The standard InChI is InChI=1S/C28H55NO2/c1-3-4-5-6-7-8-9-10-11-12-13-14-15-16-17-18-19-20-21-22-23-24-27(2)28(31)29-25-26-30/h24,30H,3-23,25-26H2,1-2H3,(H,29,31). The first-order valence-corrected chi connectivity index (χ1v) is 13.8. The fourth-order valence-corrected chi connectivity index (χ4v) is 4.12. The molecule has 0 saturated heterocycles. The molecule has 0 aromatic heterocycles. The van der Waals surface area contributed by atoms with Crippen molar-refractivity contribution in [3.8, 4) is 0 Å². The molecule has 31 heavy (non-hydrogen) atoms. The van der Waals surface area contributed by atoms with Gasteiger partial charge in [0.1, 0.15) is 0 Å². The lowest BCUT2D eigenvalue weighted by Crippen LogP contribution is -2.26. The number of carbonyl (C=O) groups excluding carboxylic acids is 1. The fraction of sp³-hybridized carbons (Fsp3) is 0.893. The summed E-state index contributed by atoms with van der Waals surface area (Å²) in [6, 6.07) is 0. The fourth-order valence-electron chi connectivity index (χ4n) is 4.12. The summed E-state index contributed by atoms with van der Waals surface area (Å²) in [5.74, 6) is -0.0535. The second-order valence-corrected chi connectivity index (χ2v) is 9.37. The molecule has 0 saturated carbocycles. The number of nitrogens with one attached hydrogen (secondary N) is 1. The predicted octanol–water partition coefficient (Wildman–Crippen LogP) is 8.25. The van der Waals surface area contributed by atoms with Crippen LogP contribution in [0.2, 0.25) is 0 Å². The Morgan fingerprint density at radius 3 is 1.35 bits per heavy atom. The van der Waals surface area contributed by atoms with E-state index in [4.69, 9.17) is 5.11 Å². The van der Waals surface area contributed by atoms with Gasteiger partial charge in [-0.2, -0.15) is 0 Å². The van der Waals surface area contributed by atoms with Crippen LogP contribution in [0.5, 0.6) is 0 Å². The lowest BCUT2D eigenvalue weighted by Gasteiger charge is -2.04. The summed E-state index contributed by atoms with van der Waals surface area (Å²) < 4.78 is 0. The van der Waals surface area contributed by atoms with Crippen molar-refractivity contribution < 1.29 is 9.90 Å². The Bertz CT molecular complexity index is 406. The van der Waals surface area contributed by atoms with Crippen LogP contribution in [0.15, 0.2) is 11.6 Å². The van der Waals surface area contributed by atoms with Crippen molar-refractivity contribution in [2.24, 2.45) is 0 Å². The van der Waals surface area contributed by atoms with Gasteiger partial charge in [-0.1, -0.05) is 135 Å². The Kier molecular flexibility index (Phi) is 24.7. The second kappa shape index (κ2) is 25.4. The number of amides is 1. The average molecular weight is 438 g/mol. The summed E-state index contributed by atoms with van der Waals surface area (Å²) in [5, 5.41) is 11.4. The predicted molar refractivity (Wildman–Crippen MR) is 136 cm³/mol. The number of carbonyl (C=O) groups is 1. The quantitative estimate of drug-likeness (QED) is 0.118.